The van der Waals surface area contributed by atoms with E-state index < -0.39 is 0 Å². The summed E-state index contributed by atoms with van der Waals surface area (Å²) in [6, 6.07) is 5.78. The lowest BCUT2D eigenvalue weighted by atomic mass is 10.2. The molecule has 3 rings (SSSR count). The molecule has 0 unspecified atom stereocenters. The van der Waals surface area contributed by atoms with E-state index in [1.54, 1.807) is 11.2 Å². The second kappa shape index (κ2) is 7.25. The van der Waals surface area contributed by atoms with Crippen molar-refractivity contribution < 1.29 is 14.3 Å². The number of hydrogen-bond acceptors (Lipinski definition) is 5. The topological polar surface area (TPSA) is 70.7 Å². The normalized spacial score (nSPS) is 13.2. The zero-order valence-corrected chi connectivity index (χ0v) is 14.0. The van der Waals surface area contributed by atoms with Crippen molar-refractivity contribution in [1.82, 2.24) is 9.97 Å². The molecule has 1 N–H and O–H groups in total. The van der Waals surface area contributed by atoms with Crippen LogP contribution in [0.25, 0.3) is 0 Å². The molecule has 1 amide bonds. The molecule has 24 heavy (non-hydrogen) atoms. The third kappa shape index (κ3) is 3.29. The molecule has 2 heterocycles. The number of benzene rings is 1. The summed E-state index contributed by atoms with van der Waals surface area (Å²) in [5.74, 6) is 0.821. The molecule has 1 aliphatic rings. The summed E-state index contributed by atoms with van der Waals surface area (Å²) in [6.07, 6.45) is 4.05. The molecule has 2 aromatic rings. The number of hydrogen-bond donors (Lipinski definition) is 1. The number of aromatic amines is 1. The molecule has 1 aliphatic heterocycles. The van der Waals surface area contributed by atoms with E-state index in [1.807, 2.05) is 31.3 Å². The lowest BCUT2D eigenvalue weighted by Crippen LogP contribution is -2.34. The van der Waals surface area contributed by atoms with E-state index >= 15 is 0 Å². The van der Waals surface area contributed by atoms with E-state index in [1.165, 1.54) is 7.11 Å². The van der Waals surface area contributed by atoms with Crippen LogP contribution in [0.3, 0.4) is 0 Å². The first kappa shape index (κ1) is 16.2. The Labute approximate surface area is 141 Å². The van der Waals surface area contributed by atoms with E-state index in [-0.39, 0.29) is 6.09 Å². The molecule has 0 radical (unpaired) electrons. The van der Waals surface area contributed by atoms with Gasteiger partial charge >= 0.3 is 6.09 Å². The fourth-order valence-corrected chi connectivity index (χ4v) is 2.83. The summed E-state index contributed by atoms with van der Waals surface area (Å²) in [4.78, 5) is 23.2. The van der Waals surface area contributed by atoms with E-state index in [2.05, 4.69) is 14.9 Å². The van der Waals surface area contributed by atoms with E-state index in [0.717, 1.165) is 35.8 Å². The van der Waals surface area contributed by atoms with E-state index in [4.69, 9.17) is 9.47 Å². The van der Waals surface area contributed by atoms with Gasteiger partial charge in [0.15, 0.2) is 0 Å². The summed E-state index contributed by atoms with van der Waals surface area (Å²) in [5.41, 5.74) is 2.73. The van der Waals surface area contributed by atoms with Crippen LogP contribution < -0.4 is 14.5 Å². The van der Waals surface area contributed by atoms with Gasteiger partial charge in [0, 0.05) is 18.4 Å². The van der Waals surface area contributed by atoms with Crippen LogP contribution >= 0.6 is 0 Å². The second-order valence-electron chi connectivity index (χ2n) is 5.60. The van der Waals surface area contributed by atoms with Crippen LogP contribution in [0.15, 0.2) is 30.7 Å². The van der Waals surface area contributed by atoms with Gasteiger partial charge in [0.25, 0.3) is 0 Å². The summed E-state index contributed by atoms with van der Waals surface area (Å²) in [5, 5.41) is 0. The third-order valence-corrected chi connectivity index (χ3v) is 3.96. The number of imidazole rings is 1. The molecule has 0 saturated heterocycles. The van der Waals surface area contributed by atoms with Crippen molar-refractivity contribution in [1.29, 1.82) is 0 Å². The van der Waals surface area contributed by atoms with Gasteiger partial charge in [-0.15, -0.1) is 0 Å². The highest BCUT2D eigenvalue weighted by Crippen LogP contribution is 2.36. The number of anilines is 2. The first-order chi connectivity index (χ1) is 11.7. The average molecular weight is 330 g/mol. The number of methoxy groups -OCH3 is 1. The number of rotatable bonds is 5. The second-order valence-corrected chi connectivity index (χ2v) is 5.60. The summed E-state index contributed by atoms with van der Waals surface area (Å²) >= 11 is 0. The molecule has 128 valence electrons. The number of amides is 1. The highest BCUT2D eigenvalue weighted by atomic mass is 16.5. The number of carbonyl (C=O) groups excluding carboxylic acids is 1. The standard InChI is InChI=1S/C17H22N4O3/c1-3-6-21(17(22)23-2)14-4-5-16-15(9-14)20(7-8-24-16)11-13-10-18-12-19-13/h4-5,9-10,12H,3,6-8,11H2,1-2H3,(H,18,19). The number of ether oxygens (including phenoxy) is 2. The number of fused-ring (bicyclic) bond motifs is 1. The van der Waals surface area contributed by atoms with Crippen LogP contribution in [0.5, 0.6) is 5.75 Å². The smallest absolute Gasteiger partial charge is 0.413 e. The van der Waals surface area contributed by atoms with Gasteiger partial charge in [-0.1, -0.05) is 6.92 Å². The zero-order chi connectivity index (χ0) is 16.9. The van der Waals surface area contributed by atoms with Gasteiger partial charge in [-0.25, -0.2) is 9.78 Å². The van der Waals surface area contributed by atoms with Crippen molar-refractivity contribution in [3.63, 3.8) is 0 Å². The quantitative estimate of drug-likeness (QED) is 0.913. The van der Waals surface area contributed by atoms with Crippen molar-refractivity contribution in [2.24, 2.45) is 0 Å². The molecule has 7 heteroatoms. The van der Waals surface area contributed by atoms with Crippen molar-refractivity contribution >= 4 is 17.5 Å². The Morgan fingerprint density at radius 1 is 1.50 bits per heavy atom. The lowest BCUT2D eigenvalue weighted by Gasteiger charge is -2.32. The number of carbonyl (C=O) groups is 1. The van der Waals surface area contributed by atoms with Crippen molar-refractivity contribution in [3.05, 3.63) is 36.4 Å². The Morgan fingerprint density at radius 3 is 3.08 bits per heavy atom. The van der Waals surface area contributed by atoms with Gasteiger partial charge in [-0.05, 0) is 24.6 Å². The predicted octanol–water partition coefficient (Wildman–Crippen LogP) is 2.79. The highest BCUT2D eigenvalue weighted by Gasteiger charge is 2.22. The van der Waals surface area contributed by atoms with Gasteiger partial charge in [0.05, 0.1) is 37.9 Å². The molecule has 1 aromatic heterocycles. The maximum atomic E-state index is 12.1. The largest absolute Gasteiger partial charge is 0.490 e. The SMILES string of the molecule is CCCN(C(=O)OC)c1ccc2c(c1)N(Cc1c[nH]cn1)CCO2. The van der Waals surface area contributed by atoms with Gasteiger partial charge in [0.2, 0.25) is 0 Å². The first-order valence-corrected chi connectivity index (χ1v) is 8.08. The Balaban J connectivity index is 1.90. The van der Waals surface area contributed by atoms with Gasteiger partial charge in [0.1, 0.15) is 12.4 Å². The summed E-state index contributed by atoms with van der Waals surface area (Å²) in [6.45, 7) is 4.73. The van der Waals surface area contributed by atoms with Crippen LogP contribution in [0.4, 0.5) is 16.2 Å². The first-order valence-electron chi connectivity index (χ1n) is 8.08. The van der Waals surface area contributed by atoms with Crippen LogP contribution in [0.2, 0.25) is 0 Å². The minimum Gasteiger partial charge on any atom is -0.490 e. The number of aromatic nitrogens is 2. The fourth-order valence-electron chi connectivity index (χ4n) is 2.83. The van der Waals surface area contributed by atoms with Gasteiger partial charge in [-0.2, -0.15) is 0 Å². The molecule has 0 saturated carbocycles. The molecule has 0 fully saturated rings. The molecular weight excluding hydrogens is 308 g/mol. The van der Waals surface area contributed by atoms with E-state index in [9.17, 15) is 4.79 Å². The highest BCUT2D eigenvalue weighted by molar-refractivity contribution is 5.89. The lowest BCUT2D eigenvalue weighted by molar-refractivity contribution is 0.178. The molecule has 0 atom stereocenters. The maximum Gasteiger partial charge on any atom is 0.413 e. The summed E-state index contributed by atoms with van der Waals surface area (Å²) < 4.78 is 10.7. The van der Waals surface area contributed by atoms with Crippen LogP contribution in [0, 0.1) is 0 Å². The maximum absolute atomic E-state index is 12.1. The van der Waals surface area contributed by atoms with E-state index in [0.29, 0.717) is 19.7 Å². The van der Waals surface area contributed by atoms with Crippen LogP contribution in [0.1, 0.15) is 19.0 Å². The zero-order valence-electron chi connectivity index (χ0n) is 14.0. The predicted molar refractivity (Wildman–Crippen MR) is 91.6 cm³/mol. The Morgan fingerprint density at radius 2 is 2.38 bits per heavy atom. The molecule has 0 bridgehead atoms. The molecule has 1 aromatic carbocycles. The molecular formula is C17H22N4O3. The van der Waals surface area contributed by atoms with Crippen LogP contribution in [-0.4, -0.2) is 42.9 Å². The minimum atomic E-state index is -0.354. The average Bonchev–Trinajstić information content (AvgIpc) is 3.12. The monoisotopic (exact) mass is 330 g/mol. The van der Waals surface area contributed by atoms with Crippen molar-refractivity contribution in [2.75, 3.05) is 36.6 Å². The number of nitrogens with zero attached hydrogens (tertiary/aromatic N) is 3. The Kier molecular flexibility index (Phi) is 4.88. The third-order valence-electron chi connectivity index (χ3n) is 3.96. The summed E-state index contributed by atoms with van der Waals surface area (Å²) in [7, 11) is 1.40. The Hall–Kier alpha value is -2.70. The van der Waals surface area contributed by atoms with Gasteiger partial charge < -0.3 is 19.4 Å². The number of nitrogens with one attached hydrogen (secondary N) is 1. The van der Waals surface area contributed by atoms with Gasteiger partial charge in [-0.3, -0.25) is 4.90 Å². The van der Waals surface area contributed by atoms with Crippen molar-refractivity contribution in [3.8, 4) is 5.75 Å². The van der Waals surface area contributed by atoms with Crippen molar-refractivity contribution in [2.45, 2.75) is 19.9 Å². The number of H-pyrrole nitrogens is 1. The van der Waals surface area contributed by atoms with Crippen LogP contribution in [-0.2, 0) is 11.3 Å². The Bertz CT molecular complexity index is 687. The minimum absolute atomic E-state index is 0.354. The fraction of sp³-hybridized carbons (Fsp3) is 0.412. The molecule has 0 aliphatic carbocycles. The molecule has 0 spiro atoms. The molecule has 7 nitrogen and oxygen atoms in total.